The topological polar surface area (TPSA) is 24.5 Å². The van der Waals surface area contributed by atoms with Gasteiger partial charge < -0.3 is 10.1 Å². The standard InChI is InChI=1S/C15H23FN2O.ClH/c1-3-5-13(18-10-8-17-9-11-18)12-6-4-7-14(19-2)15(12)16;/h4,6-7,13,17H,3,5,8-11H2,1-2H3;1H/t13-;/m0./s1. The van der Waals surface area contributed by atoms with Crippen LogP contribution < -0.4 is 10.1 Å². The minimum atomic E-state index is -0.206. The summed E-state index contributed by atoms with van der Waals surface area (Å²) in [5.41, 5.74) is 0.767. The van der Waals surface area contributed by atoms with E-state index in [9.17, 15) is 4.39 Å². The third-order valence-electron chi connectivity index (χ3n) is 3.73. The number of hydrogen-bond donors (Lipinski definition) is 1. The highest BCUT2D eigenvalue weighted by atomic mass is 35.5. The summed E-state index contributed by atoms with van der Waals surface area (Å²) in [5.74, 6) is 0.135. The van der Waals surface area contributed by atoms with Crippen LogP contribution in [0.2, 0.25) is 0 Å². The molecular formula is C15H24ClFN2O. The lowest BCUT2D eigenvalue weighted by molar-refractivity contribution is 0.161. The number of halogens is 2. The highest BCUT2D eigenvalue weighted by Gasteiger charge is 2.25. The molecule has 0 unspecified atom stereocenters. The van der Waals surface area contributed by atoms with Crippen molar-refractivity contribution in [3.63, 3.8) is 0 Å². The monoisotopic (exact) mass is 302 g/mol. The Hall–Kier alpha value is -0.840. The van der Waals surface area contributed by atoms with Crippen LogP contribution in [0.5, 0.6) is 5.75 Å². The van der Waals surface area contributed by atoms with Crippen LogP contribution in [-0.2, 0) is 0 Å². The van der Waals surface area contributed by atoms with E-state index in [-0.39, 0.29) is 24.3 Å². The Labute approximate surface area is 126 Å². The van der Waals surface area contributed by atoms with Gasteiger partial charge in [0, 0.05) is 37.8 Å². The van der Waals surface area contributed by atoms with Gasteiger partial charge in [0.2, 0.25) is 0 Å². The van der Waals surface area contributed by atoms with Crippen molar-refractivity contribution in [2.24, 2.45) is 0 Å². The summed E-state index contributed by atoms with van der Waals surface area (Å²) < 4.78 is 19.5. The molecule has 5 heteroatoms. The highest BCUT2D eigenvalue weighted by Crippen LogP contribution is 2.31. The van der Waals surface area contributed by atoms with Gasteiger partial charge in [0.05, 0.1) is 7.11 Å². The van der Waals surface area contributed by atoms with E-state index in [4.69, 9.17) is 4.74 Å². The summed E-state index contributed by atoms with van der Waals surface area (Å²) in [6, 6.07) is 5.60. The van der Waals surface area contributed by atoms with Gasteiger partial charge in [-0.2, -0.15) is 0 Å². The minimum Gasteiger partial charge on any atom is -0.494 e. The second kappa shape index (κ2) is 8.45. The van der Waals surface area contributed by atoms with Crippen molar-refractivity contribution >= 4 is 12.4 Å². The molecule has 1 aromatic rings. The maximum atomic E-state index is 14.4. The lowest BCUT2D eigenvalue weighted by Crippen LogP contribution is -2.45. The lowest BCUT2D eigenvalue weighted by Gasteiger charge is -2.35. The van der Waals surface area contributed by atoms with Gasteiger partial charge in [-0.15, -0.1) is 12.4 Å². The Bertz CT molecular complexity index is 411. The average molecular weight is 303 g/mol. The lowest BCUT2D eigenvalue weighted by atomic mass is 9.99. The van der Waals surface area contributed by atoms with E-state index in [0.29, 0.717) is 5.75 Å². The smallest absolute Gasteiger partial charge is 0.169 e. The number of nitrogens with zero attached hydrogens (tertiary/aromatic N) is 1. The number of hydrogen-bond acceptors (Lipinski definition) is 3. The van der Waals surface area contributed by atoms with Gasteiger partial charge in [0.1, 0.15) is 0 Å². The van der Waals surface area contributed by atoms with Crippen molar-refractivity contribution in [3.05, 3.63) is 29.6 Å². The molecule has 2 rings (SSSR count). The average Bonchev–Trinajstić information content (AvgIpc) is 2.46. The van der Waals surface area contributed by atoms with Gasteiger partial charge in [-0.1, -0.05) is 25.5 Å². The molecule has 0 spiro atoms. The third kappa shape index (κ3) is 3.84. The molecule has 1 fully saturated rings. The first-order valence-electron chi connectivity index (χ1n) is 7.05. The largest absolute Gasteiger partial charge is 0.494 e. The van der Waals surface area contributed by atoms with E-state index in [1.807, 2.05) is 12.1 Å². The summed E-state index contributed by atoms with van der Waals surface area (Å²) in [6.45, 7) is 6.05. The van der Waals surface area contributed by atoms with E-state index < -0.39 is 0 Å². The highest BCUT2D eigenvalue weighted by molar-refractivity contribution is 5.85. The van der Waals surface area contributed by atoms with Crippen LogP contribution >= 0.6 is 12.4 Å². The van der Waals surface area contributed by atoms with E-state index in [1.165, 1.54) is 7.11 Å². The molecular weight excluding hydrogens is 279 g/mol. The van der Waals surface area contributed by atoms with Crippen molar-refractivity contribution < 1.29 is 9.13 Å². The fraction of sp³-hybridized carbons (Fsp3) is 0.600. The number of nitrogens with one attached hydrogen (secondary N) is 1. The fourth-order valence-corrected chi connectivity index (χ4v) is 2.74. The quantitative estimate of drug-likeness (QED) is 0.905. The van der Waals surface area contributed by atoms with Crippen LogP contribution in [0.1, 0.15) is 31.4 Å². The molecule has 1 aromatic carbocycles. The fourth-order valence-electron chi connectivity index (χ4n) is 2.74. The van der Waals surface area contributed by atoms with Gasteiger partial charge in [-0.3, -0.25) is 4.90 Å². The molecule has 1 heterocycles. The summed E-state index contributed by atoms with van der Waals surface area (Å²) in [7, 11) is 1.52. The number of rotatable bonds is 5. The third-order valence-corrected chi connectivity index (χ3v) is 3.73. The Morgan fingerprint density at radius 1 is 1.35 bits per heavy atom. The molecule has 1 aliphatic heterocycles. The van der Waals surface area contributed by atoms with Gasteiger partial charge in [-0.25, -0.2) is 4.39 Å². The molecule has 1 aliphatic rings. The van der Waals surface area contributed by atoms with E-state index in [1.54, 1.807) is 6.07 Å². The van der Waals surface area contributed by atoms with Crippen LogP contribution in [0.3, 0.4) is 0 Å². The van der Waals surface area contributed by atoms with Crippen molar-refractivity contribution in [1.29, 1.82) is 0 Å². The predicted octanol–water partition coefficient (Wildman–Crippen LogP) is 3.00. The normalized spacial score (nSPS) is 17.4. The Morgan fingerprint density at radius 2 is 2.05 bits per heavy atom. The predicted molar refractivity (Wildman–Crippen MR) is 82.3 cm³/mol. The van der Waals surface area contributed by atoms with Gasteiger partial charge in [0.15, 0.2) is 11.6 Å². The van der Waals surface area contributed by atoms with Crippen LogP contribution in [0, 0.1) is 5.82 Å². The maximum absolute atomic E-state index is 14.4. The summed E-state index contributed by atoms with van der Waals surface area (Å²) in [6.07, 6.45) is 2.02. The Morgan fingerprint density at radius 3 is 2.65 bits per heavy atom. The number of methoxy groups -OCH3 is 1. The number of benzene rings is 1. The zero-order valence-corrected chi connectivity index (χ0v) is 13.0. The molecule has 0 bridgehead atoms. The van der Waals surface area contributed by atoms with Crippen molar-refractivity contribution in [3.8, 4) is 5.75 Å². The van der Waals surface area contributed by atoms with Crippen molar-refractivity contribution in [2.45, 2.75) is 25.8 Å². The SMILES string of the molecule is CCC[C@@H](c1cccc(OC)c1F)N1CCNCC1.Cl. The van der Waals surface area contributed by atoms with Crippen molar-refractivity contribution in [2.75, 3.05) is 33.3 Å². The van der Waals surface area contributed by atoms with E-state index in [0.717, 1.165) is 44.6 Å². The van der Waals surface area contributed by atoms with Gasteiger partial charge in [-0.05, 0) is 12.5 Å². The maximum Gasteiger partial charge on any atom is 0.169 e. The van der Waals surface area contributed by atoms with Crippen LogP contribution in [0.25, 0.3) is 0 Å². The van der Waals surface area contributed by atoms with Crippen LogP contribution in [0.15, 0.2) is 18.2 Å². The van der Waals surface area contributed by atoms with Crippen molar-refractivity contribution in [1.82, 2.24) is 10.2 Å². The number of ether oxygens (including phenoxy) is 1. The Kier molecular flexibility index (Phi) is 7.27. The first-order chi connectivity index (χ1) is 9.27. The zero-order chi connectivity index (χ0) is 13.7. The molecule has 3 nitrogen and oxygen atoms in total. The second-order valence-corrected chi connectivity index (χ2v) is 4.95. The van der Waals surface area contributed by atoms with E-state index in [2.05, 4.69) is 17.1 Å². The van der Waals surface area contributed by atoms with Gasteiger partial charge in [0.25, 0.3) is 0 Å². The summed E-state index contributed by atoms with van der Waals surface area (Å²) >= 11 is 0. The molecule has 0 aliphatic carbocycles. The van der Waals surface area contributed by atoms with Crippen LogP contribution in [-0.4, -0.2) is 38.2 Å². The first kappa shape index (κ1) is 17.2. The molecule has 1 saturated heterocycles. The van der Waals surface area contributed by atoms with Gasteiger partial charge >= 0.3 is 0 Å². The molecule has 0 aromatic heterocycles. The number of piperazine rings is 1. The molecule has 20 heavy (non-hydrogen) atoms. The summed E-state index contributed by atoms with van der Waals surface area (Å²) in [5, 5.41) is 3.34. The molecule has 0 saturated carbocycles. The summed E-state index contributed by atoms with van der Waals surface area (Å²) in [4.78, 5) is 2.37. The molecule has 1 atom stereocenters. The Balaban J connectivity index is 0.00000200. The second-order valence-electron chi connectivity index (χ2n) is 4.95. The molecule has 0 radical (unpaired) electrons. The first-order valence-corrected chi connectivity index (χ1v) is 7.05. The molecule has 114 valence electrons. The van der Waals surface area contributed by atoms with Crippen LogP contribution in [0.4, 0.5) is 4.39 Å². The molecule has 0 amide bonds. The minimum absolute atomic E-state index is 0. The molecule has 1 N–H and O–H groups in total. The zero-order valence-electron chi connectivity index (χ0n) is 12.2. The van der Waals surface area contributed by atoms with E-state index >= 15 is 0 Å².